The number of carbonyl (C=O) groups excluding carboxylic acids is 3. The Labute approximate surface area is 354 Å². The smallest absolute Gasteiger partial charge is 0.306 e. The van der Waals surface area contributed by atoms with Gasteiger partial charge in [0.2, 0.25) is 0 Å². The van der Waals surface area contributed by atoms with E-state index in [1.54, 1.807) is 21.1 Å². The van der Waals surface area contributed by atoms with Gasteiger partial charge >= 0.3 is 11.9 Å². The maximum Gasteiger partial charge on any atom is 0.306 e. The van der Waals surface area contributed by atoms with Crippen LogP contribution in [-0.2, 0) is 28.6 Å². The third kappa shape index (κ3) is 37.8. The monoisotopic (exact) mass is 808 g/mol. The summed E-state index contributed by atoms with van der Waals surface area (Å²) >= 11 is 0. The zero-order chi connectivity index (χ0) is 42.8. The number of carbonyl (C=O) groups is 3. The molecule has 2 atom stereocenters. The molecule has 328 valence electrons. The first-order valence-electron chi connectivity index (χ1n) is 22.3. The molecule has 0 amide bonds. The van der Waals surface area contributed by atoms with Crippen molar-refractivity contribution in [2.75, 3.05) is 41.0 Å². The average molecular weight is 808 g/mol. The molecule has 0 aliphatic rings. The van der Waals surface area contributed by atoms with Gasteiger partial charge in [0.1, 0.15) is 12.6 Å². The van der Waals surface area contributed by atoms with Crippen LogP contribution >= 0.6 is 0 Å². The fourth-order valence-electron chi connectivity index (χ4n) is 5.82. The number of allylic oxidation sites excluding steroid dienone is 16. The Morgan fingerprint density at radius 1 is 0.517 bits per heavy atom. The van der Waals surface area contributed by atoms with E-state index in [1.165, 1.54) is 12.8 Å². The number of hydrogen-bond acceptors (Lipinski definition) is 7. The second-order valence-electron chi connectivity index (χ2n) is 15.5. The quantitative estimate of drug-likeness (QED) is 0.0265. The van der Waals surface area contributed by atoms with Crippen molar-refractivity contribution in [3.8, 4) is 0 Å². The van der Waals surface area contributed by atoms with Gasteiger partial charge < -0.3 is 28.6 Å². The summed E-state index contributed by atoms with van der Waals surface area (Å²) in [5.74, 6) is -1.82. The van der Waals surface area contributed by atoms with Crippen molar-refractivity contribution >= 4 is 17.9 Å². The van der Waals surface area contributed by atoms with Gasteiger partial charge in [0.25, 0.3) is 0 Å². The van der Waals surface area contributed by atoms with Crippen molar-refractivity contribution in [2.45, 2.75) is 161 Å². The van der Waals surface area contributed by atoms with Gasteiger partial charge in [-0.2, -0.15) is 0 Å². The molecule has 0 aliphatic heterocycles. The molecule has 0 aromatic carbocycles. The highest BCUT2D eigenvalue weighted by atomic mass is 16.6. The molecule has 0 N–H and O–H groups in total. The van der Waals surface area contributed by atoms with E-state index in [-0.39, 0.29) is 49.1 Å². The number of likely N-dealkylation sites (N-methyl/N-ethyl adjacent to an activating group) is 1. The van der Waals surface area contributed by atoms with Crippen molar-refractivity contribution in [1.29, 1.82) is 0 Å². The lowest BCUT2D eigenvalue weighted by atomic mass is 10.1. The molecule has 0 aliphatic carbocycles. The molecule has 8 nitrogen and oxygen atoms in total. The van der Waals surface area contributed by atoms with Crippen LogP contribution in [0.2, 0.25) is 0 Å². The summed E-state index contributed by atoms with van der Waals surface area (Å²) in [6.07, 6.45) is 53.0. The van der Waals surface area contributed by atoms with Crippen molar-refractivity contribution in [3.63, 3.8) is 0 Å². The third-order valence-corrected chi connectivity index (χ3v) is 9.22. The molecule has 8 heteroatoms. The number of esters is 2. The van der Waals surface area contributed by atoms with Crippen LogP contribution in [0.5, 0.6) is 0 Å². The zero-order valence-electron chi connectivity index (χ0n) is 37.2. The fraction of sp³-hybridized carbons (Fsp3) is 0.620. The summed E-state index contributed by atoms with van der Waals surface area (Å²) < 4.78 is 17.1. The fourth-order valence-corrected chi connectivity index (χ4v) is 5.82. The third-order valence-electron chi connectivity index (χ3n) is 9.22. The van der Waals surface area contributed by atoms with Crippen LogP contribution in [0.25, 0.3) is 0 Å². The van der Waals surface area contributed by atoms with Crippen molar-refractivity contribution in [1.82, 2.24) is 0 Å². The van der Waals surface area contributed by atoms with Gasteiger partial charge in [-0.3, -0.25) is 9.59 Å². The minimum Gasteiger partial charge on any atom is -0.544 e. The van der Waals surface area contributed by atoms with Gasteiger partial charge in [0, 0.05) is 19.3 Å². The summed E-state index contributed by atoms with van der Waals surface area (Å²) in [4.78, 5) is 36.8. The largest absolute Gasteiger partial charge is 0.544 e. The molecule has 0 aromatic rings. The molecule has 0 heterocycles. The first-order valence-corrected chi connectivity index (χ1v) is 22.3. The lowest BCUT2D eigenvalue weighted by Crippen LogP contribution is -2.55. The van der Waals surface area contributed by atoms with E-state index in [9.17, 15) is 19.5 Å². The average Bonchev–Trinajstić information content (AvgIpc) is 3.18. The Bertz CT molecular complexity index is 1260. The minimum absolute atomic E-state index is 0.0139. The topological polar surface area (TPSA) is 102 Å². The van der Waals surface area contributed by atoms with Gasteiger partial charge in [0.15, 0.2) is 6.10 Å². The first kappa shape index (κ1) is 54.2. The van der Waals surface area contributed by atoms with E-state index in [1.807, 2.05) is 0 Å². The highest BCUT2D eigenvalue weighted by Crippen LogP contribution is 2.12. The predicted octanol–water partition coefficient (Wildman–Crippen LogP) is 11.0. The molecular weight excluding hydrogens is 727 g/mol. The molecule has 0 spiro atoms. The molecule has 0 fully saturated rings. The number of nitrogens with zero attached hydrogens (tertiary/aromatic N) is 1. The maximum absolute atomic E-state index is 12.7. The zero-order valence-corrected chi connectivity index (χ0v) is 37.2. The van der Waals surface area contributed by atoms with Crippen LogP contribution in [0, 0.1) is 0 Å². The van der Waals surface area contributed by atoms with Crippen LogP contribution in [0.4, 0.5) is 0 Å². The Kier molecular flexibility index (Phi) is 37.5. The van der Waals surface area contributed by atoms with Crippen molar-refractivity contribution in [3.05, 3.63) is 97.2 Å². The van der Waals surface area contributed by atoms with Gasteiger partial charge in [0.05, 0.1) is 40.3 Å². The highest BCUT2D eigenvalue weighted by Gasteiger charge is 2.25. The summed E-state index contributed by atoms with van der Waals surface area (Å²) in [5, 5.41) is 11.6. The van der Waals surface area contributed by atoms with E-state index < -0.39 is 18.1 Å². The molecule has 0 aromatic heterocycles. The van der Waals surface area contributed by atoms with Crippen molar-refractivity contribution < 1.29 is 38.2 Å². The number of carboxylic acid groups (broad SMARTS) is 1. The molecule has 0 radical (unpaired) electrons. The molecular formula is C50H81NO7. The number of quaternary nitrogens is 1. The van der Waals surface area contributed by atoms with E-state index in [0.717, 1.165) is 96.3 Å². The molecule has 2 unspecified atom stereocenters. The predicted molar refractivity (Wildman–Crippen MR) is 240 cm³/mol. The summed E-state index contributed by atoms with van der Waals surface area (Å²) in [5.41, 5.74) is 0. The summed E-state index contributed by atoms with van der Waals surface area (Å²) in [6, 6.07) is -0.740. The minimum atomic E-state index is -1.14. The summed E-state index contributed by atoms with van der Waals surface area (Å²) in [6.45, 7) is 4.35. The molecule has 0 saturated carbocycles. The standard InChI is InChI=1S/C50H81NO7/c1-6-8-10-12-14-16-18-20-21-22-23-24-25-26-27-28-29-31-32-34-36-38-40-48(52)57-45-46(44-56-43-42-47(50(54)55)51(3,4)5)58-49(53)41-39-37-35-33-30-19-17-15-13-11-9-7-2/h8-11,14-17,20-21,23-24,26-27,30,33,46-47H,6-7,12-13,18-19,22,25,28-29,31-32,34-45H2,1-5H3/b10-8+,11-9+,16-14+,17-15+,21-20+,24-23+,27-26+,33-30+. The lowest BCUT2D eigenvalue weighted by molar-refractivity contribution is -0.889. The Morgan fingerprint density at radius 2 is 0.914 bits per heavy atom. The van der Waals surface area contributed by atoms with Gasteiger partial charge in [-0.1, -0.05) is 137 Å². The number of hydrogen-bond donors (Lipinski definition) is 0. The molecule has 0 bridgehead atoms. The van der Waals surface area contributed by atoms with E-state index in [4.69, 9.17) is 14.2 Å². The molecule has 58 heavy (non-hydrogen) atoms. The normalized spacial score (nSPS) is 13.9. The van der Waals surface area contributed by atoms with Crippen LogP contribution in [0.3, 0.4) is 0 Å². The Balaban J connectivity index is 4.36. The van der Waals surface area contributed by atoms with Gasteiger partial charge in [-0.05, 0) is 89.9 Å². The number of rotatable bonds is 38. The molecule has 0 rings (SSSR count). The SMILES string of the molecule is CC/C=C/C/C=C/C/C=C/C/C=C/C/C=C/CCCCCCCCC(=O)OCC(COCCC(C(=O)[O-])[N+](C)(C)C)OC(=O)CCCC/C=C/C/C=C/C/C=C/CC. The summed E-state index contributed by atoms with van der Waals surface area (Å²) in [7, 11) is 5.37. The van der Waals surface area contributed by atoms with E-state index in [2.05, 4.69) is 111 Å². The van der Waals surface area contributed by atoms with Crippen LogP contribution < -0.4 is 5.11 Å². The van der Waals surface area contributed by atoms with Crippen molar-refractivity contribution in [2.24, 2.45) is 0 Å². The number of unbranched alkanes of at least 4 members (excludes halogenated alkanes) is 8. The number of aliphatic carboxylic acids is 1. The molecule has 0 saturated heterocycles. The number of ether oxygens (including phenoxy) is 3. The first-order chi connectivity index (χ1) is 28.1. The highest BCUT2D eigenvalue weighted by molar-refractivity contribution is 5.70. The lowest BCUT2D eigenvalue weighted by Gasteiger charge is -2.34. The second-order valence-corrected chi connectivity index (χ2v) is 15.5. The van der Waals surface area contributed by atoms with Gasteiger partial charge in [-0.25, -0.2) is 0 Å². The van der Waals surface area contributed by atoms with Crippen LogP contribution in [-0.4, -0.2) is 75.5 Å². The Morgan fingerprint density at radius 3 is 1.38 bits per heavy atom. The second kappa shape index (κ2) is 40.0. The van der Waals surface area contributed by atoms with Crippen LogP contribution in [0.15, 0.2) is 97.2 Å². The van der Waals surface area contributed by atoms with E-state index >= 15 is 0 Å². The Hall–Kier alpha value is -3.75. The van der Waals surface area contributed by atoms with Crippen LogP contribution in [0.1, 0.15) is 149 Å². The number of carboxylic acids is 1. The maximum atomic E-state index is 12.7. The van der Waals surface area contributed by atoms with Gasteiger partial charge in [-0.15, -0.1) is 0 Å². The van der Waals surface area contributed by atoms with E-state index in [0.29, 0.717) is 12.8 Å².